The first-order valence-electron chi connectivity index (χ1n) is 12.3. The van der Waals surface area contributed by atoms with Crippen molar-refractivity contribution in [2.24, 2.45) is 0 Å². The van der Waals surface area contributed by atoms with Crippen LogP contribution < -0.4 is 11.0 Å². The van der Waals surface area contributed by atoms with Crippen molar-refractivity contribution in [3.63, 3.8) is 0 Å². The number of nitrogens with zero attached hydrogens (tertiary/aromatic N) is 4. The maximum atomic E-state index is 13.1. The number of fused-ring (bicyclic) bond motifs is 2. The molecule has 2 aliphatic heterocycles. The topological polar surface area (TPSA) is 137 Å². The van der Waals surface area contributed by atoms with Crippen LogP contribution in [0.4, 0.5) is 5.82 Å². The highest BCUT2D eigenvalue weighted by Gasteiger charge is 2.65. The summed E-state index contributed by atoms with van der Waals surface area (Å²) in [7, 11) is 0.284. The minimum atomic E-state index is -1.31. The Labute approximate surface area is 222 Å². The number of nitrogens with one attached hydrogen (secondary N) is 1. The summed E-state index contributed by atoms with van der Waals surface area (Å²) in [5.41, 5.74) is -0.881. The third-order valence-corrected chi connectivity index (χ3v) is 7.58. The van der Waals surface area contributed by atoms with E-state index in [2.05, 4.69) is 16.4 Å². The predicted molar refractivity (Wildman–Crippen MR) is 138 cm³/mol. The SMILES string of the molecule is CC[C@@]12CN(OCCOC)[C@@H]([C@H](n3ccc(NC(=O)c4ccccc4)nc3=O)O1)[C@@H]2OP(C)OCCC#N. The molecular formula is C25H32N5O7P. The minimum absolute atomic E-state index is 0.137. The van der Waals surface area contributed by atoms with Crippen LogP contribution in [0.25, 0.3) is 0 Å². The van der Waals surface area contributed by atoms with Gasteiger partial charge in [0.1, 0.15) is 23.6 Å². The molecule has 4 rings (SSSR count). The molecule has 0 radical (unpaired) electrons. The van der Waals surface area contributed by atoms with E-state index in [1.807, 2.05) is 19.7 Å². The highest BCUT2D eigenvalue weighted by Crippen LogP contribution is 2.53. The van der Waals surface area contributed by atoms with Gasteiger partial charge < -0.3 is 23.8 Å². The number of carbonyl (C=O) groups excluding carboxylic acids is 1. The molecule has 2 saturated heterocycles. The summed E-state index contributed by atoms with van der Waals surface area (Å²) in [6.45, 7) is 5.25. The van der Waals surface area contributed by atoms with E-state index >= 15 is 0 Å². The lowest BCUT2D eigenvalue weighted by Crippen LogP contribution is -2.47. The quantitative estimate of drug-likeness (QED) is 0.295. The van der Waals surface area contributed by atoms with Gasteiger partial charge >= 0.3 is 5.69 Å². The first-order valence-corrected chi connectivity index (χ1v) is 14.0. The number of ether oxygens (including phenoxy) is 2. The van der Waals surface area contributed by atoms with Crippen molar-refractivity contribution in [1.29, 1.82) is 5.26 Å². The number of aromatic nitrogens is 2. The molecule has 2 bridgehead atoms. The number of hydroxylamine groups is 2. The summed E-state index contributed by atoms with van der Waals surface area (Å²) < 4.78 is 25.1. The molecule has 0 saturated carbocycles. The highest BCUT2D eigenvalue weighted by atomic mass is 31.2. The van der Waals surface area contributed by atoms with Gasteiger partial charge in [0.15, 0.2) is 14.6 Å². The summed E-state index contributed by atoms with van der Waals surface area (Å²) in [5.74, 6) is -0.229. The van der Waals surface area contributed by atoms with E-state index in [0.717, 1.165) is 0 Å². The molecule has 2 aliphatic rings. The van der Waals surface area contributed by atoms with Crippen molar-refractivity contribution in [3.8, 4) is 6.07 Å². The second kappa shape index (κ2) is 12.9. The first-order chi connectivity index (χ1) is 18.4. The van der Waals surface area contributed by atoms with Crippen molar-refractivity contribution < 1.29 is 28.2 Å². The lowest BCUT2D eigenvalue weighted by atomic mass is 9.96. The molecule has 5 atom stereocenters. The number of hydrogen-bond donors (Lipinski definition) is 1. The molecule has 3 heterocycles. The molecule has 2 fully saturated rings. The molecular weight excluding hydrogens is 513 g/mol. The standard InChI is InChI=1S/C25H32N5O7P/c1-4-25-17-30(34-16-15-33-2)20(21(25)37-38(3)35-14-8-12-26)23(36-25)29-13-11-19(28-24(29)32)27-22(31)18-9-6-5-7-10-18/h5-7,9-11,13,20-21,23H,4,8,14-17H2,1-3H3,(H,27,28,31,32)/t20-,21+,23-,25+,38?/m1/s1. The van der Waals surface area contributed by atoms with Crippen LogP contribution in [0.15, 0.2) is 47.4 Å². The number of anilines is 1. The Kier molecular flexibility index (Phi) is 9.57. The summed E-state index contributed by atoms with van der Waals surface area (Å²) in [5, 5.41) is 13.3. The number of methoxy groups -OCH3 is 1. The molecule has 2 aromatic rings. The van der Waals surface area contributed by atoms with Crippen molar-refractivity contribution in [2.45, 2.75) is 43.7 Å². The monoisotopic (exact) mass is 545 g/mol. The Balaban J connectivity index is 1.56. The molecule has 1 aromatic heterocycles. The maximum absolute atomic E-state index is 13.1. The van der Waals surface area contributed by atoms with Gasteiger partial charge in [-0.05, 0) is 24.6 Å². The molecule has 1 N–H and O–H groups in total. The van der Waals surface area contributed by atoms with E-state index in [-0.39, 0.29) is 24.8 Å². The zero-order valence-corrected chi connectivity index (χ0v) is 22.5. The van der Waals surface area contributed by atoms with Gasteiger partial charge in [0.05, 0.1) is 38.9 Å². The molecule has 13 heteroatoms. The van der Waals surface area contributed by atoms with Gasteiger partial charge in [0.25, 0.3) is 5.91 Å². The molecule has 38 heavy (non-hydrogen) atoms. The third-order valence-electron chi connectivity index (χ3n) is 6.51. The van der Waals surface area contributed by atoms with Gasteiger partial charge in [-0.2, -0.15) is 15.3 Å². The lowest BCUT2D eigenvalue weighted by Gasteiger charge is -2.36. The average molecular weight is 546 g/mol. The van der Waals surface area contributed by atoms with E-state index in [0.29, 0.717) is 31.7 Å². The number of morpholine rings is 1. The van der Waals surface area contributed by atoms with Gasteiger partial charge in [-0.15, -0.1) is 0 Å². The molecule has 12 nitrogen and oxygen atoms in total. The zero-order valence-electron chi connectivity index (χ0n) is 21.6. The Hall–Kier alpha value is -2.75. The fourth-order valence-corrected chi connectivity index (χ4v) is 5.68. The summed E-state index contributed by atoms with van der Waals surface area (Å²) >= 11 is 0. The second-order valence-corrected chi connectivity index (χ2v) is 10.2. The lowest BCUT2D eigenvalue weighted by molar-refractivity contribution is -0.252. The van der Waals surface area contributed by atoms with Crippen LogP contribution in [0.5, 0.6) is 0 Å². The van der Waals surface area contributed by atoms with Crippen molar-refractivity contribution in [3.05, 3.63) is 58.6 Å². The van der Waals surface area contributed by atoms with Crippen LogP contribution in [0.1, 0.15) is 36.4 Å². The Morgan fingerprint density at radius 1 is 1.29 bits per heavy atom. The van der Waals surface area contributed by atoms with Gasteiger partial charge in [-0.1, -0.05) is 25.1 Å². The van der Waals surface area contributed by atoms with Crippen molar-refractivity contribution >= 4 is 20.1 Å². The fourth-order valence-electron chi connectivity index (χ4n) is 4.64. The van der Waals surface area contributed by atoms with Gasteiger partial charge in [-0.25, -0.2) is 4.79 Å². The number of nitriles is 1. The minimum Gasteiger partial charge on any atom is -0.382 e. The fraction of sp³-hybridized carbons (Fsp3) is 0.520. The first kappa shape index (κ1) is 28.3. The number of amides is 1. The Morgan fingerprint density at radius 3 is 2.76 bits per heavy atom. The van der Waals surface area contributed by atoms with Crippen LogP contribution >= 0.6 is 8.38 Å². The second-order valence-electron chi connectivity index (χ2n) is 8.85. The van der Waals surface area contributed by atoms with Crippen LogP contribution in [0, 0.1) is 11.3 Å². The largest absolute Gasteiger partial charge is 0.382 e. The Bertz CT molecular complexity index is 1190. The van der Waals surface area contributed by atoms with Crippen LogP contribution in [-0.2, 0) is 23.4 Å². The molecule has 1 unspecified atom stereocenters. The number of hydrogen-bond acceptors (Lipinski definition) is 10. The molecule has 204 valence electrons. The maximum Gasteiger partial charge on any atom is 0.351 e. The van der Waals surface area contributed by atoms with E-state index in [1.54, 1.807) is 48.7 Å². The van der Waals surface area contributed by atoms with Crippen molar-refractivity contribution in [1.82, 2.24) is 14.6 Å². The molecule has 0 spiro atoms. The summed E-state index contributed by atoms with van der Waals surface area (Å²) in [4.78, 5) is 35.7. The van der Waals surface area contributed by atoms with Gasteiger partial charge in [-0.3, -0.25) is 14.2 Å². The number of rotatable bonds is 13. The van der Waals surface area contributed by atoms with Gasteiger partial charge in [0.2, 0.25) is 0 Å². The predicted octanol–water partition coefficient (Wildman–Crippen LogP) is 2.69. The van der Waals surface area contributed by atoms with E-state index in [1.165, 1.54) is 4.57 Å². The normalized spacial score (nSPS) is 25.3. The Morgan fingerprint density at radius 2 is 2.08 bits per heavy atom. The van der Waals surface area contributed by atoms with Crippen molar-refractivity contribution in [2.75, 3.05) is 45.5 Å². The average Bonchev–Trinajstić information content (AvgIpc) is 3.38. The van der Waals surface area contributed by atoms with Gasteiger partial charge in [0, 0.05) is 25.5 Å². The van der Waals surface area contributed by atoms with E-state index < -0.39 is 38.0 Å². The highest BCUT2D eigenvalue weighted by molar-refractivity contribution is 7.46. The number of carbonyl (C=O) groups is 1. The molecule has 0 aliphatic carbocycles. The molecule has 1 aromatic carbocycles. The van der Waals surface area contributed by atoms with E-state index in [4.69, 9.17) is 28.6 Å². The van der Waals surface area contributed by atoms with Crippen LogP contribution in [0.2, 0.25) is 0 Å². The molecule has 1 amide bonds. The summed E-state index contributed by atoms with van der Waals surface area (Å²) in [6, 6.07) is 11.8. The number of benzene rings is 1. The smallest absolute Gasteiger partial charge is 0.351 e. The van der Waals surface area contributed by atoms with Crippen LogP contribution in [0.3, 0.4) is 0 Å². The summed E-state index contributed by atoms with van der Waals surface area (Å²) in [6.07, 6.45) is 1.21. The van der Waals surface area contributed by atoms with Crippen LogP contribution in [-0.4, -0.2) is 78.4 Å². The zero-order chi connectivity index (χ0) is 27.1. The van der Waals surface area contributed by atoms with E-state index in [9.17, 15) is 9.59 Å². The third kappa shape index (κ3) is 6.11.